The van der Waals surface area contributed by atoms with Crippen LogP contribution in [0.1, 0.15) is 39.1 Å². The summed E-state index contributed by atoms with van der Waals surface area (Å²) in [4.78, 5) is 4.64. The van der Waals surface area contributed by atoms with Crippen LogP contribution < -0.4 is 5.73 Å². The molecule has 2 aromatic rings. The maximum atomic E-state index is 13.0. The lowest BCUT2D eigenvalue weighted by Gasteiger charge is -2.13. The molecule has 0 aliphatic heterocycles. The summed E-state index contributed by atoms with van der Waals surface area (Å²) in [6, 6.07) is 6.57. The van der Waals surface area contributed by atoms with Crippen LogP contribution in [0, 0.1) is 5.82 Å². The highest BCUT2D eigenvalue weighted by Crippen LogP contribution is 2.29. The normalized spacial score (nSPS) is 11.2. The number of nitrogens with zero attached hydrogens (tertiary/aromatic N) is 2. The number of rotatable bonds is 4. The molecule has 0 atom stereocenters. The molecule has 2 rings (SSSR count). The molecule has 0 spiro atoms. The number of benzene rings is 1. The minimum atomic E-state index is -0.251. The van der Waals surface area contributed by atoms with Gasteiger partial charge in [0, 0.05) is 18.0 Å². The number of halogens is 1. The minimum Gasteiger partial charge on any atom is -0.383 e. The highest BCUT2D eigenvalue weighted by atomic mass is 19.1. The molecule has 0 saturated heterocycles. The van der Waals surface area contributed by atoms with Gasteiger partial charge in [0.2, 0.25) is 0 Å². The van der Waals surface area contributed by atoms with Crippen LogP contribution in [0.4, 0.5) is 10.2 Å². The summed E-state index contributed by atoms with van der Waals surface area (Å²) in [6.45, 7) is 6.30. The van der Waals surface area contributed by atoms with Crippen LogP contribution in [0.5, 0.6) is 0 Å². The van der Waals surface area contributed by atoms with Crippen LogP contribution in [0.15, 0.2) is 24.3 Å². The van der Waals surface area contributed by atoms with E-state index in [0.29, 0.717) is 5.82 Å². The van der Waals surface area contributed by atoms with Gasteiger partial charge in [0.25, 0.3) is 0 Å². The number of aryl methyl sites for hydroxylation is 1. The van der Waals surface area contributed by atoms with Gasteiger partial charge in [0.1, 0.15) is 23.2 Å². The summed E-state index contributed by atoms with van der Waals surface area (Å²) < 4.78 is 15.0. The smallest absolute Gasteiger partial charge is 0.131 e. The second-order valence-electron chi connectivity index (χ2n) is 4.98. The SMILES string of the molecule is CCCc1nc(-c2ccc(F)cc2)c(N)n1C(C)C. The van der Waals surface area contributed by atoms with Gasteiger partial charge in [-0.3, -0.25) is 0 Å². The van der Waals surface area contributed by atoms with Crippen molar-refractivity contribution in [3.8, 4) is 11.3 Å². The Bertz CT molecular complexity index is 556. The van der Waals surface area contributed by atoms with Crippen molar-refractivity contribution in [2.75, 3.05) is 5.73 Å². The number of nitrogen functional groups attached to an aromatic ring is 1. The topological polar surface area (TPSA) is 43.8 Å². The quantitative estimate of drug-likeness (QED) is 0.909. The van der Waals surface area contributed by atoms with Crippen LogP contribution in [0.3, 0.4) is 0 Å². The fourth-order valence-corrected chi connectivity index (χ4v) is 2.29. The third-order valence-electron chi connectivity index (χ3n) is 3.13. The molecule has 3 nitrogen and oxygen atoms in total. The van der Waals surface area contributed by atoms with Gasteiger partial charge in [-0.25, -0.2) is 9.37 Å². The van der Waals surface area contributed by atoms with Crippen molar-refractivity contribution in [2.24, 2.45) is 0 Å². The first-order chi connectivity index (χ1) is 9.04. The van der Waals surface area contributed by atoms with Gasteiger partial charge in [-0.2, -0.15) is 0 Å². The molecule has 0 aliphatic rings. The van der Waals surface area contributed by atoms with Crippen LogP contribution in [0.25, 0.3) is 11.3 Å². The summed E-state index contributed by atoms with van der Waals surface area (Å²) in [7, 11) is 0. The Labute approximate surface area is 113 Å². The third kappa shape index (κ3) is 2.62. The van der Waals surface area contributed by atoms with Crippen molar-refractivity contribution in [3.63, 3.8) is 0 Å². The summed E-state index contributed by atoms with van der Waals surface area (Å²) in [6.07, 6.45) is 1.91. The van der Waals surface area contributed by atoms with E-state index >= 15 is 0 Å². The Balaban J connectivity index is 2.52. The summed E-state index contributed by atoms with van der Waals surface area (Å²) in [5, 5.41) is 0. The average molecular weight is 261 g/mol. The number of imidazole rings is 1. The minimum absolute atomic E-state index is 0.251. The molecule has 1 aromatic carbocycles. The molecule has 102 valence electrons. The second kappa shape index (κ2) is 5.43. The molecule has 0 radical (unpaired) electrons. The first kappa shape index (κ1) is 13.6. The lowest BCUT2D eigenvalue weighted by molar-refractivity contribution is 0.571. The predicted molar refractivity (Wildman–Crippen MR) is 76.4 cm³/mol. The second-order valence-corrected chi connectivity index (χ2v) is 4.98. The van der Waals surface area contributed by atoms with Gasteiger partial charge in [-0.1, -0.05) is 6.92 Å². The lowest BCUT2D eigenvalue weighted by atomic mass is 10.1. The Morgan fingerprint density at radius 3 is 2.42 bits per heavy atom. The van der Waals surface area contributed by atoms with Crippen molar-refractivity contribution in [2.45, 2.75) is 39.7 Å². The molecule has 0 amide bonds. The molecule has 0 fully saturated rings. The Hall–Kier alpha value is -1.84. The Morgan fingerprint density at radius 1 is 1.26 bits per heavy atom. The van der Waals surface area contributed by atoms with Crippen LogP contribution in [-0.4, -0.2) is 9.55 Å². The Morgan fingerprint density at radius 2 is 1.89 bits per heavy atom. The zero-order chi connectivity index (χ0) is 14.0. The average Bonchev–Trinajstić information content (AvgIpc) is 2.68. The summed E-state index contributed by atoms with van der Waals surface area (Å²) in [5.74, 6) is 1.40. The first-order valence-electron chi connectivity index (χ1n) is 6.67. The number of hydrogen-bond donors (Lipinski definition) is 1. The fourth-order valence-electron chi connectivity index (χ4n) is 2.29. The van der Waals surface area contributed by atoms with Gasteiger partial charge in [-0.15, -0.1) is 0 Å². The van der Waals surface area contributed by atoms with E-state index in [2.05, 4.69) is 30.3 Å². The highest BCUT2D eigenvalue weighted by Gasteiger charge is 2.17. The molecule has 19 heavy (non-hydrogen) atoms. The molecule has 0 saturated carbocycles. The van der Waals surface area contributed by atoms with Crippen LogP contribution in [-0.2, 0) is 6.42 Å². The third-order valence-corrected chi connectivity index (χ3v) is 3.13. The van der Waals surface area contributed by atoms with E-state index in [0.717, 1.165) is 29.9 Å². The molecule has 0 aliphatic carbocycles. The van der Waals surface area contributed by atoms with E-state index in [1.54, 1.807) is 12.1 Å². The molecule has 4 heteroatoms. The molecule has 1 heterocycles. The predicted octanol–water partition coefficient (Wildman–Crippen LogP) is 3.80. The van der Waals surface area contributed by atoms with Crippen molar-refractivity contribution in [3.05, 3.63) is 35.9 Å². The molecular weight excluding hydrogens is 241 g/mol. The van der Waals surface area contributed by atoms with E-state index in [1.165, 1.54) is 12.1 Å². The Kier molecular flexibility index (Phi) is 3.88. The number of hydrogen-bond acceptors (Lipinski definition) is 2. The molecule has 2 N–H and O–H groups in total. The van der Waals surface area contributed by atoms with E-state index in [-0.39, 0.29) is 11.9 Å². The molecule has 0 unspecified atom stereocenters. The summed E-state index contributed by atoms with van der Waals surface area (Å²) >= 11 is 0. The standard InChI is InChI=1S/C15H20FN3/c1-4-5-13-18-14(15(17)19(13)10(2)3)11-6-8-12(16)9-7-11/h6-10H,4-5,17H2,1-3H3. The largest absolute Gasteiger partial charge is 0.383 e. The monoisotopic (exact) mass is 261 g/mol. The lowest BCUT2D eigenvalue weighted by Crippen LogP contribution is -2.09. The maximum absolute atomic E-state index is 13.0. The van der Waals surface area contributed by atoms with Crippen molar-refractivity contribution >= 4 is 5.82 Å². The zero-order valence-corrected chi connectivity index (χ0v) is 11.7. The van der Waals surface area contributed by atoms with E-state index in [4.69, 9.17) is 5.73 Å². The molecule has 1 aromatic heterocycles. The fraction of sp³-hybridized carbons (Fsp3) is 0.400. The molecule has 0 bridgehead atoms. The van der Waals surface area contributed by atoms with E-state index in [1.807, 2.05) is 0 Å². The van der Waals surface area contributed by atoms with Gasteiger partial charge in [-0.05, 0) is 44.5 Å². The maximum Gasteiger partial charge on any atom is 0.131 e. The van der Waals surface area contributed by atoms with Crippen LogP contribution in [0.2, 0.25) is 0 Å². The van der Waals surface area contributed by atoms with Crippen molar-refractivity contribution in [1.29, 1.82) is 0 Å². The van der Waals surface area contributed by atoms with Gasteiger partial charge < -0.3 is 10.3 Å². The highest BCUT2D eigenvalue weighted by molar-refractivity contribution is 5.71. The number of nitrogens with two attached hydrogens (primary N) is 1. The number of anilines is 1. The van der Waals surface area contributed by atoms with Gasteiger partial charge in [0.15, 0.2) is 0 Å². The molecular formula is C15H20FN3. The first-order valence-corrected chi connectivity index (χ1v) is 6.67. The summed E-state index contributed by atoms with van der Waals surface area (Å²) in [5.41, 5.74) is 7.82. The van der Waals surface area contributed by atoms with E-state index < -0.39 is 0 Å². The van der Waals surface area contributed by atoms with Gasteiger partial charge in [0.05, 0.1) is 0 Å². The van der Waals surface area contributed by atoms with Crippen LogP contribution >= 0.6 is 0 Å². The number of aromatic nitrogens is 2. The van der Waals surface area contributed by atoms with Crippen molar-refractivity contribution < 1.29 is 4.39 Å². The zero-order valence-electron chi connectivity index (χ0n) is 11.7. The van der Waals surface area contributed by atoms with Crippen molar-refractivity contribution in [1.82, 2.24) is 9.55 Å². The van der Waals surface area contributed by atoms with E-state index in [9.17, 15) is 4.39 Å². The van der Waals surface area contributed by atoms with Gasteiger partial charge >= 0.3 is 0 Å².